The lowest BCUT2D eigenvalue weighted by atomic mass is 9.98. The fourth-order valence-corrected chi connectivity index (χ4v) is 3.79. The first-order valence-electron chi connectivity index (χ1n) is 8.67. The molecule has 5 atom stereocenters. The van der Waals surface area contributed by atoms with E-state index in [1.54, 1.807) is 27.7 Å². The molecule has 0 spiro atoms. The third-order valence-corrected chi connectivity index (χ3v) is 4.89. The van der Waals surface area contributed by atoms with E-state index < -0.39 is 54.0 Å². The SMILES string of the molecule is CC1(C)O[C@H]2[C@@H](O1)[C@H](C(=O)Nc1ccc(F)c(Cl)c1)O[C@H]1OC(C)(C)O[C@@H]12. The van der Waals surface area contributed by atoms with Crippen LogP contribution in [0.5, 0.6) is 0 Å². The number of anilines is 1. The molecule has 3 heterocycles. The molecule has 0 bridgehead atoms. The first-order valence-corrected chi connectivity index (χ1v) is 9.05. The molecule has 0 aromatic heterocycles. The second-order valence-electron chi connectivity index (χ2n) is 7.71. The molecule has 27 heavy (non-hydrogen) atoms. The van der Waals surface area contributed by atoms with Crippen LogP contribution in [0.2, 0.25) is 5.02 Å². The summed E-state index contributed by atoms with van der Waals surface area (Å²) in [4.78, 5) is 12.9. The molecule has 0 radical (unpaired) electrons. The van der Waals surface area contributed by atoms with Gasteiger partial charge in [-0.15, -0.1) is 0 Å². The molecular weight excluding hydrogens is 381 g/mol. The largest absolute Gasteiger partial charge is 0.342 e. The average molecular weight is 402 g/mol. The maximum absolute atomic E-state index is 13.3. The predicted octanol–water partition coefficient (Wildman–Crippen LogP) is 2.81. The smallest absolute Gasteiger partial charge is 0.256 e. The third-order valence-electron chi connectivity index (χ3n) is 4.60. The van der Waals surface area contributed by atoms with Crippen molar-refractivity contribution in [2.24, 2.45) is 0 Å². The fraction of sp³-hybridized carbons (Fsp3) is 0.611. The topological polar surface area (TPSA) is 75.3 Å². The van der Waals surface area contributed by atoms with Crippen molar-refractivity contribution in [2.75, 3.05) is 5.32 Å². The van der Waals surface area contributed by atoms with Crippen LogP contribution in [0.4, 0.5) is 10.1 Å². The molecule has 3 saturated heterocycles. The summed E-state index contributed by atoms with van der Waals surface area (Å²) in [5.74, 6) is -2.81. The Labute approximate surface area is 161 Å². The summed E-state index contributed by atoms with van der Waals surface area (Å²) >= 11 is 5.78. The van der Waals surface area contributed by atoms with E-state index in [0.717, 1.165) is 0 Å². The van der Waals surface area contributed by atoms with E-state index in [4.69, 9.17) is 35.3 Å². The quantitative estimate of drug-likeness (QED) is 0.821. The van der Waals surface area contributed by atoms with Crippen LogP contribution >= 0.6 is 11.6 Å². The van der Waals surface area contributed by atoms with E-state index in [2.05, 4.69) is 5.32 Å². The molecule has 1 amide bonds. The predicted molar refractivity (Wildman–Crippen MR) is 92.6 cm³/mol. The van der Waals surface area contributed by atoms with Crippen molar-refractivity contribution in [1.82, 2.24) is 0 Å². The highest BCUT2D eigenvalue weighted by molar-refractivity contribution is 6.31. The van der Waals surface area contributed by atoms with E-state index in [9.17, 15) is 9.18 Å². The highest BCUT2D eigenvalue weighted by Gasteiger charge is 2.62. The van der Waals surface area contributed by atoms with Gasteiger partial charge in [-0.25, -0.2) is 4.39 Å². The van der Waals surface area contributed by atoms with E-state index in [1.807, 2.05) is 0 Å². The molecule has 3 aliphatic rings. The summed E-state index contributed by atoms with van der Waals surface area (Å²) < 4.78 is 42.7. The van der Waals surface area contributed by atoms with Gasteiger partial charge < -0.3 is 29.0 Å². The monoisotopic (exact) mass is 401 g/mol. The zero-order chi connectivity index (χ0) is 19.6. The normalized spacial score (nSPS) is 36.1. The van der Waals surface area contributed by atoms with Crippen LogP contribution in [-0.2, 0) is 28.5 Å². The van der Waals surface area contributed by atoms with Gasteiger partial charge in [0.05, 0.1) is 5.02 Å². The lowest BCUT2D eigenvalue weighted by Gasteiger charge is -2.36. The molecule has 9 heteroatoms. The number of hydrogen-bond acceptors (Lipinski definition) is 6. The van der Waals surface area contributed by atoms with E-state index in [0.29, 0.717) is 5.69 Å². The number of rotatable bonds is 2. The Morgan fingerprint density at radius 3 is 2.37 bits per heavy atom. The Bertz CT molecular complexity index is 772. The summed E-state index contributed by atoms with van der Waals surface area (Å²) in [6.07, 6.45) is -3.51. The van der Waals surface area contributed by atoms with Crippen LogP contribution < -0.4 is 5.32 Å². The van der Waals surface area contributed by atoms with Gasteiger partial charge >= 0.3 is 0 Å². The van der Waals surface area contributed by atoms with E-state index >= 15 is 0 Å². The number of carbonyl (C=O) groups is 1. The summed E-state index contributed by atoms with van der Waals surface area (Å²) in [6.45, 7) is 7.05. The Morgan fingerprint density at radius 2 is 1.67 bits per heavy atom. The zero-order valence-electron chi connectivity index (χ0n) is 15.3. The number of amides is 1. The maximum atomic E-state index is 13.3. The van der Waals surface area contributed by atoms with Crippen LogP contribution in [0.15, 0.2) is 18.2 Å². The van der Waals surface area contributed by atoms with Gasteiger partial charge in [0.2, 0.25) is 0 Å². The van der Waals surface area contributed by atoms with Crippen molar-refractivity contribution in [2.45, 2.75) is 70.0 Å². The van der Waals surface area contributed by atoms with Crippen LogP contribution in [-0.4, -0.2) is 48.2 Å². The van der Waals surface area contributed by atoms with Crippen molar-refractivity contribution in [3.63, 3.8) is 0 Å². The van der Waals surface area contributed by atoms with Gasteiger partial charge in [-0.05, 0) is 45.9 Å². The third kappa shape index (κ3) is 3.57. The molecule has 3 fully saturated rings. The summed E-state index contributed by atoms with van der Waals surface area (Å²) in [5, 5.41) is 2.58. The first kappa shape index (κ1) is 19.0. The molecule has 1 aromatic rings. The van der Waals surface area contributed by atoms with Crippen LogP contribution in [0.1, 0.15) is 27.7 Å². The minimum absolute atomic E-state index is 0.0915. The van der Waals surface area contributed by atoms with Crippen LogP contribution in [0.3, 0.4) is 0 Å². The van der Waals surface area contributed by atoms with Crippen molar-refractivity contribution in [1.29, 1.82) is 0 Å². The number of benzene rings is 1. The molecule has 4 rings (SSSR count). The lowest BCUT2D eigenvalue weighted by molar-refractivity contribution is -0.229. The fourth-order valence-electron chi connectivity index (χ4n) is 3.61. The number of carbonyl (C=O) groups excluding carboxylic acids is 1. The number of ether oxygens (including phenoxy) is 5. The van der Waals surface area contributed by atoms with Gasteiger partial charge in [0.1, 0.15) is 24.1 Å². The maximum Gasteiger partial charge on any atom is 0.256 e. The molecule has 148 valence electrons. The average Bonchev–Trinajstić information content (AvgIpc) is 3.04. The van der Waals surface area contributed by atoms with Gasteiger partial charge in [0, 0.05) is 5.69 Å². The highest BCUT2D eigenvalue weighted by atomic mass is 35.5. The Kier molecular flexibility index (Phi) is 4.49. The standard InChI is InChI=1S/C18H21ClFNO6/c1-17(2)24-11-12(25-17)14-16(27-18(3,4)26-14)23-13(11)15(22)21-8-5-6-10(20)9(19)7-8/h5-7,11-14,16H,1-4H3,(H,21,22)/t11-,12+,13-,14-,16+/m1/s1. The van der Waals surface area contributed by atoms with Crippen molar-refractivity contribution >= 4 is 23.2 Å². The van der Waals surface area contributed by atoms with Gasteiger partial charge in [-0.2, -0.15) is 0 Å². The van der Waals surface area contributed by atoms with Gasteiger partial charge in [-0.1, -0.05) is 11.6 Å². The van der Waals surface area contributed by atoms with Gasteiger partial charge in [0.15, 0.2) is 24.0 Å². The Morgan fingerprint density at radius 1 is 1.04 bits per heavy atom. The number of halogens is 2. The second kappa shape index (κ2) is 6.37. The minimum atomic E-state index is -1.00. The van der Waals surface area contributed by atoms with E-state index in [1.165, 1.54) is 18.2 Å². The number of nitrogens with one attached hydrogen (secondary N) is 1. The molecule has 1 aromatic carbocycles. The lowest BCUT2D eigenvalue weighted by Crippen LogP contribution is -2.58. The summed E-state index contributed by atoms with van der Waals surface area (Å²) in [5.41, 5.74) is 0.343. The number of fused-ring (bicyclic) bond motifs is 3. The first-order chi connectivity index (χ1) is 12.5. The Balaban J connectivity index is 1.57. The molecule has 7 nitrogen and oxygen atoms in total. The molecular formula is C18H21ClFNO6. The van der Waals surface area contributed by atoms with Crippen molar-refractivity contribution in [3.05, 3.63) is 29.0 Å². The minimum Gasteiger partial charge on any atom is -0.342 e. The molecule has 0 unspecified atom stereocenters. The van der Waals surface area contributed by atoms with E-state index in [-0.39, 0.29) is 5.02 Å². The Hall–Kier alpha value is -1.29. The molecule has 0 saturated carbocycles. The highest BCUT2D eigenvalue weighted by Crippen LogP contribution is 2.44. The van der Waals surface area contributed by atoms with Crippen molar-refractivity contribution in [3.8, 4) is 0 Å². The van der Waals surface area contributed by atoms with Gasteiger partial charge in [-0.3, -0.25) is 4.79 Å². The van der Waals surface area contributed by atoms with Crippen molar-refractivity contribution < 1.29 is 32.9 Å². The molecule has 0 aliphatic carbocycles. The summed E-state index contributed by atoms with van der Waals surface area (Å²) in [6, 6.07) is 3.91. The second-order valence-corrected chi connectivity index (χ2v) is 8.12. The summed E-state index contributed by atoms with van der Waals surface area (Å²) in [7, 11) is 0. The number of hydrogen-bond donors (Lipinski definition) is 1. The molecule has 3 aliphatic heterocycles. The molecule has 1 N–H and O–H groups in total. The van der Waals surface area contributed by atoms with Gasteiger partial charge in [0.25, 0.3) is 5.91 Å². The zero-order valence-corrected chi connectivity index (χ0v) is 16.1. The van der Waals surface area contributed by atoms with Crippen LogP contribution in [0.25, 0.3) is 0 Å². The van der Waals surface area contributed by atoms with Crippen LogP contribution in [0, 0.1) is 5.82 Å².